The van der Waals surface area contributed by atoms with Crippen molar-refractivity contribution in [3.63, 3.8) is 0 Å². The number of aromatic nitrogens is 2. The van der Waals surface area contributed by atoms with E-state index < -0.39 is 0 Å². The van der Waals surface area contributed by atoms with Gasteiger partial charge in [0.05, 0.1) is 0 Å². The molecule has 2 rings (SSSR count). The van der Waals surface area contributed by atoms with Gasteiger partial charge < -0.3 is 14.8 Å². The number of likely N-dealkylation sites (N-methyl/N-ethyl adjacent to an activating group) is 1. The fourth-order valence-corrected chi connectivity index (χ4v) is 2.45. The molecule has 1 aliphatic heterocycles. The molecule has 1 fully saturated rings. The van der Waals surface area contributed by atoms with Gasteiger partial charge in [0.25, 0.3) is 0 Å². The molecular formula is C13H22N4O. The largest absolute Gasteiger partial charge is 0.341 e. The topological polar surface area (TPSA) is 50.2 Å². The Balaban J connectivity index is 1.82. The molecule has 0 saturated carbocycles. The first-order valence-corrected chi connectivity index (χ1v) is 6.62. The molecule has 1 saturated heterocycles. The lowest BCUT2D eigenvalue weighted by Crippen LogP contribution is -2.47. The standard InChI is InChI=1S/C13H22N4O/c1-14-11-4-3-8-17(10-11)13(18)6-5-12-15-7-9-16(12)2/h7,9,11,14H,3-6,8,10H2,1-2H3/t11-/m0/s1. The molecular weight excluding hydrogens is 228 g/mol. The van der Waals surface area contributed by atoms with Crippen molar-refractivity contribution in [1.29, 1.82) is 0 Å². The van der Waals surface area contributed by atoms with Crippen LogP contribution in [-0.2, 0) is 18.3 Å². The summed E-state index contributed by atoms with van der Waals surface area (Å²) in [6.45, 7) is 1.74. The van der Waals surface area contributed by atoms with Crippen LogP contribution in [0.2, 0.25) is 0 Å². The molecule has 5 nitrogen and oxygen atoms in total. The Bertz CT molecular complexity index is 401. The number of nitrogens with one attached hydrogen (secondary N) is 1. The SMILES string of the molecule is CN[C@H]1CCCN(C(=O)CCc2nccn2C)C1. The van der Waals surface area contributed by atoms with Gasteiger partial charge in [-0.1, -0.05) is 0 Å². The summed E-state index contributed by atoms with van der Waals surface area (Å²) in [5, 5.41) is 3.26. The second-order valence-corrected chi connectivity index (χ2v) is 4.92. The molecule has 0 aromatic carbocycles. The molecule has 0 radical (unpaired) electrons. The van der Waals surface area contributed by atoms with Gasteiger partial charge in [0, 0.05) is 51.4 Å². The molecule has 1 aromatic heterocycles. The molecule has 1 N–H and O–H groups in total. The van der Waals surface area contributed by atoms with Crippen LogP contribution in [0, 0.1) is 0 Å². The summed E-state index contributed by atoms with van der Waals surface area (Å²) in [6.07, 6.45) is 7.24. The minimum absolute atomic E-state index is 0.248. The average Bonchev–Trinajstić information content (AvgIpc) is 2.81. The van der Waals surface area contributed by atoms with E-state index in [-0.39, 0.29) is 5.91 Å². The zero-order chi connectivity index (χ0) is 13.0. The van der Waals surface area contributed by atoms with Crippen molar-refractivity contribution >= 4 is 5.91 Å². The third kappa shape index (κ3) is 3.10. The highest BCUT2D eigenvalue weighted by atomic mass is 16.2. The maximum atomic E-state index is 12.1. The molecule has 5 heteroatoms. The number of rotatable bonds is 4. The van der Waals surface area contributed by atoms with E-state index in [2.05, 4.69) is 10.3 Å². The molecule has 1 aromatic rings. The fourth-order valence-electron chi connectivity index (χ4n) is 2.45. The first kappa shape index (κ1) is 13.1. The van der Waals surface area contributed by atoms with E-state index in [0.29, 0.717) is 12.5 Å². The van der Waals surface area contributed by atoms with Gasteiger partial charge in [0.2, 0.25) is 5.91 Å². The van der Waals surface area contributed by atoms with Gasteiger partial charge in [0.1, 0.15) is 5.82 Å². The van der Waals surface area contributed by atoms with Crippen molar-refractivity contribution in [2.24, 2.45) is 7.05 Å². The van der Waals surface area contributed by atoms with Gasteiger partial charge in [-0.05, 0) is 19.9 Å². The fraction of sp³-hybridized carbons (Fsp3) is 0.692. The van der Waals surface area contributed by atoms with Crippen LogP contribution in [-0.4, -0.2) is 46.5 Å². The highest BCUT2D eigenvalue weighted by Crippen LogP contribution is 2.12. The Kier molecular flexibility index (Phi) is 4.36. The van der Waals surface area contributed by atoms with Crippen LogP contribution in [0.5, 0.6) is 0 Å². The summed E-state index contributed by atoms with van der Waals surface area (Å²) in [5.74, 6) is 1.23. The van der Waals surface area contributed by atoms with E-state index in [1.807, 2.05) is 29.8 Å². The zero-order valence-corrected chi connectivity index (χ0v) is 11.2. The van der Waals surface area contributed by atoms with E-state index in [0.717, 1.165) is 31.8 Å². The lowest BCUT2D eigenvalue weighted by Gasteiger charge is -2.32. The number of amides is 1. The first-order chi connectivity index (χ1) is 8.70. The second kappa shape index (κ2) is 6.00. The van der Waals surface area contributed by atoms with Crippen LogP contribution in [0.1, 0.15) is 25.1 Å². The van der Waals surface area contributed by atoms with Crippen molar-refractivity contribution < 1.29 is 4.79 Å². The number of nitrogens with zero attached hydrogens (tertiary/aromatic N) is 3. The molecule has 1 amide bonds. The summed E-state index contributed by atoms with van der Waals surface area (Å²) in [6, 6.07) is 0.455. The Labute approximate surface area is 108 Å². The number of hydrogen-bond acceptors (Lipinski definition) is 3. The lowest BCUT2D eigenvalue weighted by molar-refractivity contribution is -0.132. The van der Waals surface area contributed by atoms with Gasteiger partial charge in [-0.2, -0.15) is 0 Å². The second-order valence-electron chi connectivity index (χ2n) is 4.92. The minimum atomic E-state index is 0.248. The number of aryl methyl sites for hydroxylation is 2. The van der Waals surface area contributed by atoms with Gasteiger partial charge in [-0.25, -0.2) is 4.98 Å². The number of carbonyl (C=O) groups excluding carboxylic acids is 1. The number of likely N-dealkylation sites (tertiary alicyclic amines) is 1. The molecule has 0 unspecified atom stereocenters. The van der Waals surface area contributed by atoms with Gasteiger partial charge in [0.15, 0.2) is 0 Å². The van der Waals surface area contributed by atoms with Gasteiger partial charge >= 0.3 is 0 Å². The van der Waals surface area contributed by atoms with E-state index >= 15 is 0 Å². The molecule has 0 bridgehead atoms. The van der Waals surface area contributed by atoms with Crippen LogP contribution >= 0.6 is 0 Å². The summed E-state index contributed by atoms with van der Waals surface area (Å²) in [4.78, 5) is 18.4. The molecule has 2 heterocycles. The quantitative estimate of drug-likeness (QED) is 0.849. The van der Waals surface area contributed by atoms with Crippen LogP contribution in [0.3, 0.4) is 0 Å². The Hall–Kier alpha value is -1.36. The number of carbonyl (C=O) groups is 1. The Morgan fingerprint density at radius 1 is 1.61 bits per heavy atom. The van der Waals surface area contributed by atoms with Crippen LogP contribution < -0.4 is 5.32 Å². The molecule has 0 spiro atoms. The molecule has 0 aliphatic carbocycles. The maximum Gasteiger partial charge on any atom is 0.223 e. The highest BCUT2D eigenvalue weighted by molar-refractivity contribution is 5.76. The normalized spacial score (nSPS) is 20.1. The van der Waals surface area contributed by atoms with Gasteiger partial charge in [-0.3, -0.25) is 4.79 Å². The van der Waals surface area contributed by atoms with Crippen molar-refractivity contribution in [2.75, 3.05) is 20.1 Å². The number of piperidine rings is 1. The van der Waals surface area contributed by atoms with E-state index in [4.69, 9.17) is 0 Å². The lowest BCUT2D eigenvalue weighted by atomic mass is 10.1. The average molecular weight is 250 g/mol. The van der Waals surface area contributed by atoms with Crippen LogP contribution in [0.4, 0.5) is 0 Å². The minimum Gasteiger partial charge on any atom is -0.341 e. The molecule has 18 heavy (non-hydrogen) atoms. The third-order valence-corrected chi connectivity index (χ3v) is 3.67. The molecule has 1 atom stereocenters. The predicted molar refractivity (Wildman–Crippen MR) is 70.2 cm³/mol. The van der Waals surface area contributed by atoms with Crippen molar-refractivity contribution in [1.82, 2.24) is 19.8 Å². The predicted octanol–water partition coefficient (Wildman–Crippen LogP) is 0.563. The van der Waals surface area contributed by atoms with Crippen molar-refractivity contribution in [2.45, 2.75) is 31.7 Å². The van der Waals surface area contributed by atoms with E-state index in [9.17, 15) is 4.79 Å². The van der Waals surface area contributed by atoms with Crippen molar-refractivity contribution in [3.05, 3.63) is 18.2 Å². The van der Waals surface area contributed by atoms with E-state index in [1.54, 1.807) is 6.20 Å². The Morgan fingerprint density at radius 3 is 3.11 bits per heavy atom. The van der Waals surface area contributed by atoms with Crippen LogP contribution in [0.15, 0.2) is 12.4 Å². The van der Waals surface area contributed by atoms with Crippen LogP contribution in [0.25, 0.3) is 0 Å². The molecule has 100 valence electrons. The highest BCUT2D eigenvalue weighted by Gasteiger charge is 2.22. The summed E-state index contributed by atoms with van der Waals surface area (Å²) in [5.41, 5.74) is 0. The zero-order valence-electron chi connectivity index (χ0n) is 11.2. The third-order valence-electron chi connectivity index (χ3n) is 3.67. The number of imidazole rings is 1. The molecule has 1 aliphatic rings. The monoisotopic (exact) mass is 250 g/mol. The Morgan fingerprint density at radius 2 is 2.44 bits per heavy atom. The van der Waals surface area contributed by atoms with E-state index in [1.165, 1.54) is 6.42 Å². The van der Waals surface area contributed by atoms with Crippen molar-refractivity contribution in [3.8, 4) is 0 Å². The number of hydrogen-bond donors (Lipinski definition) is 1. The summed E-state index contributed by atoms with van der Waals surface area (Å²) in [7, 11) is 3.93. The summed E-state index contributed by atoms with van der Waals surface area (Å²) < 4.78 is 1.97. The maximum absolute atomic E-state index is 12.1. The smallest absolute Gasteiger partial charge is 0.223 e. The summed E-state index contributed by atoms with van der Waals surface area (Å²) >= 11 is 0. The first-order valence-electron chi connectivity index (χ1n) is 6.62. The van der Waals surface area contributed by atoms with Gasteiger partial charge in [-0.15, -0.1) is 0 Å².